The zero-order valence-electron chi connectivity index (χ0n) is 7.98. The Kier molecular flexibility index (Phi) is 2.47. The predicted octanol–water partition coefficient (Wildman–Crippen LogP) is 0.159. The first-order chi connectivity index (χ1) is 5.97. The summed E-state index contributed by atoms with van der Waals surface area (Å²) in [5.41, 5.74) is -1.13. The van der Waals surface area contributed by atoms with Crippen molar-refractivity contribution in [1.82, 2.24) is 15.0 Å². The number of aromatic nitrogens is 3. The third kappa shape index (κ3) is 1.92. The molecule has 0 saturated heterocycles. The van der Waals surface area contributed by atoms with Crippen molar-refractivity contribution in [3.05, 3.63) is 11.9 Å². The number of carbonyl (C=O) groups excluding carboxylic acids is 1. The smallest absolute Gasteiger partial charge is 0.215 e. The Morgan fingerprint density at radius 2 is 2.38 bits per heavy atom. The molecule has 0 aliphatic carbocycles. The number of aryl methyl sites for hydroxylation is 1. The van der Waals surface area contributed by atoms with E-state index >= 15 is 0 Å². The first-order valence-electron chi connectivity index (χ1n) is 4.11. The molecule has 1 aromatic rings. The molecule has 1 heterocycles. The minimum atomic E-state index is -1.34. The Hall–Kier alpha value is -1.23. The number of nitrogens with zero attached hydrogens (tertiary/aromatic N) is 3. The summed E-state index contributed by atoms with van der Waals surface area (Å²) >= 11 is 0. The van der Waals surface area contributed by atoms with Gasteiger partial charge < -0.3 is 5.11 Å². The Labute approximate surface area is 76.4 Å². The highest BCUT2D eigenvalue weighted by molar-refractivity contribution is 6.00. The maximum absolute atomic E-state index is 11.5. The van der Waals surface area contributed by atoms with Crippen LogP contribution in [0.3, 0.4) is 0 Å². The maximum Gasteiger partial charge on any atom is 0.215 e. The predicted molar refractivity (Wildman–Crippen MR) is 46.2 cm³/mol. The van der Waals surface area contributed by atoms with Crippen LogP contribution in [0.15, 0.2) is 6.20 Å². The molecule has 1 aromatic heterocycles. The van der Waals surface area contributed by atoms with Gasteiger partial charge in [0.2, 0.25) is 5.78 Å². The van der Waals surface area contributed by atoms with Gasteiger partial charge in [-0.3, -0.25) is 9.48 Å². The quantitative estimate of drug-likeness (QED) is 0.678. The van der Waals surface area contributed by atoms with Gasteiger partial charge in [0.25, 0.3) is 0 Å². The summed E-state index contributed by atoms with van der Waals surface area (Å²) in [6.45, 7) is 3.22. The summed E-state index contributed by atoms with van der Waals surface area (Å²) in [6, 6.07) is 0. The number of rotatable bonds is 3. The second-order valence-electron chi connectivity index (χ2n) is 3.23. The van der Waals surface area contributed by atoms with Gasteiger partial charge in [-0.05, 0) is 13.3 Å². The molecule has 0 saturated carbocycles. The first kappa shape index (κ1) is 9.85. The third-order valence-corrected chi connectivity index (χ3v) is 2.01. The van der Waals surface area contributed by atoms with Crippen molar-refractivity contribution in [1.29, 1.82) is 0 Å². The van der Waals surface area contributed by atoms with E-state index in [4.69, 9.17) is 0 Å². The second-order valence-corrected chi connectivity index (χ2v) is 3.23. The lowest BCUT2D eigenvalue weighted by atomic mass is 9.96. The van der Waals surface area contributed by atoms with Gasteiger partial charge in [0.05, 0.1) is 6.20 Å². The van der Waals surface area contributed by atoms with Gasteiger partial charge in [-0.15, -0.1) is 5.10 Å². The fourth-order valence-corrected chi connectivity index (χ4v) is 0.888. The van der Waals surface area contributed by atoms with Crippen LogP contribution in [0.1, 0.15) is 30.8 Å². The molecule has 0 amide bonds. The maximum atomic E-state index is 11.5. The summed E-state index contributed by atoms with van der Waals surface area (Å²) in [4.78, 5) is 11.5. The molecule has 0 radical (unpaired) electrons. The summed E-state index contributed by atoms with van der Waals surface area (Å²) < 4.78 is 1.43. The largest absolute Gasteiger partial charge is 0.382 e. The number of hydrogen-bond donors (Lipinski definition) is 1. The normalized spacial score (nSPS) is 15.4. The molecule has 1 unspecified atom stereocenters. The van der Waals surface area contributed by atoms with Crippen molar-refractivity contribution in [2.24, 2.45) is 7.05 Å². The van der Waals surface area contributed by atoms with Crippen molar-refractivity contribution < 1.29 is 9.90 Å². The van der Waals surface area contributed by atoms with Gasteiger partial charge in [-0.25, -0.2) is 0 Å². The monoisotopic (exact) mass is 183 g/mol. The zero-order chi connectivity index (χ0) is 10.1. The summed E-state index contributed by atoms with van der Waals surface area (Å²) in [6.07, 6.45) is 1.86. The average molecular weight is 183 g/mol. The standard InChI is InChI=1S/C8H13N3O2/c1-4-8(2,13)7(12)6-5-11(3)10-9-6/h5,13H,4H2,1-3H3. The van der Waals surface area contributed by atoms with Crippen LogP contribution in [0, 0.1) is 0 Å². The first-order valence-corrected chi connectivity index (χ1v) is 4.11. The number of carbonyl (C=O) groups is 1. The average Bonchev–Trinajstić information content (AvgIpc) is 2.50. The molecule has 13 heavy (non-hydrogen) atoms. The van der Waals surface area contributed by atoms with Crippen LogP contribution >= 0.6 is 0 Å². The molecule has 72 valence electrons. The fraction of sp³-hybridized carbons (Fsp3) is 0.625. The molecule has 0 bridgehead atoms. The van der Waals surface area contributed by atoms with Crippen molar-refractivity contribution >= 4 is 5.78 Å². The Morgan fingerprint density at radius 3 is 2.77 bits per heavy atom. The third-order valence-electron chi connectivity index (χ3n) is 2.01. The Balaban J connectivity index is 2.91. The van der Waals surface area contributed by atoms with E-state index in [0.717, 1.165) is 0 Å². The molecule has 1 rings (SSSR count). The molecular formula is C8H13N3O2. The van der Waals surface area contributed by atoms with Gasteiger partial charge in [-0.1, -0.05) is 12.1 Å². The van der Waals surface area contributed by atoms with Crippen LogP contribution < -0.4 is 0 Å². The van der Waals surface area contributed by atoms with Crippen molar-refractivity contribution in [2.45, 2.75) is 25.9 Å². The van der Waals surface area contributed by atoms with Crippen LogP contribution in [0.5, 0.6) is 0 Å². The zero-order valence-corrected chi connectivity index (χ0v) is 7.98. The number of ketones is 1. The molecule has 0 aliphatic heterocycles. The molecule has 1 atom stereocenters. The van der Waals surface area contributed by atoms with Crippen LogP contribution in [-0.2, 0) is 7.05 Å². The molecule has 0 aromatic carbocycles. The lowest BCUT2D eigenvalue weighted by molar-refractivity contribution is 0.0385. The van der Waals surface area contributed by atoms with E-state index in [-0.39, 0.29) is 11.5 Å². The van der Waals surface area contributed by atoms with E-state index in [1.165, 1.54) is 17.8 Å². The van der Waals surface area contributed by atoms with E-state index in [9.17, 15) is 9.90 Å². The highest BCUT2D eigenvalue weighted by Crippen LogP contribution is 2.14. The molecular weight excluding hydrogens is 170 g/mol. The van der Waals surface area contributed by atoms with Crippen LogP contribution in [0.25, 0.3) is 0 Å². The van der Waals surface area contributed by atoms with Crippen LogP contribution in [0.2, 0.25) is 0 Å². The Bertz CT molecular complexity index is 317. The van der Waals surface area contributed by atoms with Gasteiger partial charge in [0.1, 0.15) is 5.60 Å². The summed E-state index contributed by atoms with van der Waals surface area (Å²) in [5, 5.41) is 16.9. The Morgan fingerprint density at radius 1 is 1.77 bits per heavy atom. The van der Waals surface area contributed by atoms with Crippen molar-refractivity contribution in [2.75, 3.05) is 0 Å². The molecule has 0 aliphatic rings. The van der Waals surface area contributed by atoms with E-state index in [0.29, 0.717) is 6.42 Å². The van der Waals surface area contributed by atoms with E-state index in [2.05, 4.69) is 10.3 Å². The highest BCUT2D eigenvalue weighted by atomic mass is 16.3. The second kappa shape index (κ2) is 3.26. The minimum absolute atomic E-state index is 0.203. The van der Waals surface area contributed by atoms with Crippen molar-refractivity contribution in [3.63, 3.8) is 0 Å². The van der Waals surface area contributed by atoms with Crippen molar-refractivity contribution in [3.8, 4) is 0 Å². The van der Waals surface area contributed by atoms with E-state index < -0.39 is 5.60 Å². The summed E-state index contributed by atoms with van der Waals surface area (Å²) in [7, 11) is 1.67. The highest BCUT2D eigenvalue weighted by Gasteiger charge is 2.30. The van der Waals surface area contributed by atoms with Crippen LogP contribution in [0.4, 0.5) is 0 Å². The lowest BCUT2D eigenvalue weighted by Gasteiger charge is -2.17. The number of aliphatic hydroxyl groups is 1. The fourth-order valence-electron chi connectivity index (χ4n) is 0.888. The SMILES string of the molecule is CCC(C)(O)C(=O)c1cn(C)nn1. The van der Waals surface area contributed by atoms with Gasteiger partial charge >= 0.3 is 0 Å². The lowest BCUT2D eigenvalue weighted by Crippen LogP contribution is -2.34. The molecule has 5 nitrogen and oxygen atoms in total. The van der Waals surface area contributed by atoms with Gasteiger partial charge in [0, 0.05) is 7.05 Å². The van der Waals surface area contributed by atoms with Gasteiger partial charge in [0.15, 0.2) is 5.69 Å². The van der Waals surface area contributed by atoms with E-state index in [1.807, 2.05) is 0 Å². The number of hydrogen-bond acceptors (Lipinski definition) is 4. The van der Waals surface area contributed by atoms with E-state index in [1.54, 1.807) is 14.0 Å². The molecule has 5 heteroatoms. The molecule has 1 N–H and O–H groups in total. The topological polar surface area (TPSA) is 68.0 Å². The minimum Gasteiger partial charge on any atom is -0.382 e. The van der Waals surface area contributed by atoms with Gasteiger partial charge in [-0.2, -0.15) is 0 Å². The summed E-state index contributed by atoms with van der Waals surface area (Å²) in [5.74, 6) is -0.386. The number of Topliss-reactive ketones (excluding diaryl/α,β-unsaturated/α-hetero) is 1. The van der Waals surface area contributed by atoms with Crippen LogP contribution in [-0.4, -0.2) is 31.5 Å². The molecule has 0 fully saturated rings. The molecule has 0 spiro atoms.